The van der Waals surface area contributed by atoms with Crippen LogP contribution in [0.5, 0.6) is 0 Å². The highest BCUT2D eigenvalue weighted by molar-refractivity contribution is 6.42. The molecule has 1 aromatic rings. The minimum atomic E-state index is -0.561. The summed E-state index contributed by atoms with van der Waals surface area (Å²) in [5.74, 6) is 0.814. The van der Waals surface area contributed by atoms with E-state index in [2.05, 4.69) is 30.8 Å². The molecule has 9 heteroatoms. The number of urea groups is 1. The van der Waals surface area contributed by atoms with Crippen LogP contribution in [-0.2, 0) is 0 Å². The molecule has 0 fully saturated rings. The first-order valence-corrected chi connectivity index (χ1v) is 8.59. The zero-order chi connectivity index (χ0) is 18.4. The van der Waals surface area contributed by atoms with E-state index in [0.29, 0.717) is 28.7 Å². The number of hydrogen-bond acceptors (Lipinski definition) is 4. The predicted octanol–water partition coefficient (Wildman–Crippen LogP) is 2.81. The minimum absolute atomic E-state index is 0.374. The molecule has 1 aliphatic rings. The average molecular weight is 385 g/mol. The number of carbonyl (C=O) groups excluding carboxylic acids is 1. The Morgan fingerprint density at radius 2 is 2.16 bits per heavy atom. The number of anilines is 1. The van der Waals surface area contributed by atoms with Crippen LogP contribution in [0.4, 0.5) is 10.5 Å². The van der Waals surface area contributed by atoms with Crippen molar-refractivity contribution in [2.75, 3.05) is 32.5 Å². The highest BCUT2D eigenvalue weighted by atomic mass is 35.5. The number of nitrogens with zero attached hydrogens (tertiary/aromatic N) is 3. The summed E-state index contributed by atoms with van der Waals surface area (Å²) in [7, 11) is 4.00. The van der Waals surface area contributed by atoms with Gasteiger partial charge in [0.25, 0.3) is 0 Å². The fourth-order valence-corrected chi connectivity index (χ4v) is 2.47. The van der Waals surface area contributed by atoms with E-state index in [0.717, 1.165) is 18.1 Å². The average Bonchev–Trinajstić information content (AvgIpc) is 2.50. The van der Waals surface area contributed by atoms with E-state index < -0.39 is 12.3 Å². The maximum atomic E-state index is 12.1. The monoisotopic (exact) mass is 384 g/mol. The van der Waals surface area contributed by atoms with Crippen molar-refractivity contribution in [1.29, 1.82) is 0 Å². The number of halogens is 2. The summed E-state index contributed by atoms with van der Waals surface area (Å²) in [4.78, 5) is 23.1. The molecule has 0 bridgehead atoms. The molecule has 0 aliphatic carbocycles. The maximum absolute atomic E-state index is 12.1. The SMILES string of the molecule is CC1=NC(NC(=O)Nc2ccc(Cl)c(Cl)c2)NC(=NCCN(C)C)C1. The minimum Gasteiger partial charge on any atom is -0.335 e. The standard InChI is InChI=1S/C16H22Cl2N6O/c1-10-8-14(19-6-7-24(2)3)22-15(20-10)23-16(25)21-11-4-5-12(17)13(18)9-11/h4-5,9,15H,6-8H2,1-3H3,(H,19,22)(H2,21,23,25). The molecule has 2 rings (SSSR count). The van der Waals surface area contributed by atoms with Crippen LogP contribution in [0, 0.1) is 0 Å². The van der Waals surface area contributed by atoms with Crippen molar-refractivity contribution in [3.05, 3.63) is 28.2 Å². The second-order valence-electron chi connectivity index (χ2n) is 5.95. The van der Waals surface area contributed by atoms with Crippen molar-refractivity contribution >= 4 is 46.5 Å². The van der Waals surface area contributed by atoms with Gasteiger partial charge in [0, 0.05) is 24.4 Å². The van der Waals surface area contributed by atoms with Crippen LogP contribution in [0.1, 0.15) is 13.3 Å². The Hall–Kier alpha value is -1.83. The van der Waals surface area contributed by atoms with Gasteiger partial charge in [-0.25, -0.2) is 9.79 Å². The van der Waals surface area contributed by atoms with Crippen LogP contribution in [0.2, 0.25) is 10.0 Å². The Bertz CT molecular complexity index is 689. The van der Waals surface area contributed by atoms with E-state index in [1.165, 1.54) is 0 Å². The molecule has 3 N–H and O–H groups in total. The molecule has 0 saturated heterocycles. The van der Waals surface area contributed by atoms with Crippen molar-refractivity contribution in [3.63, 3.8) is 0 Å². The lowest BCUT2D eigenvalue weighted by molar-refractivity contribution is 0.248. The zero-order valence-corrected chi connectivity index (χ0v) is 15.9. The second kappa shape index (κ2) is 9.03. The van der Waals surface area contributed by atoms with Crippen LogP contribution in [0.3, 0.4) is 0 Å². The van der Waals surface area contributed by atoms with Crippen LogP contribution in [0.25, 0.3) is 0 Å². The third-order valence-corrected chi connectivity index (χ3v) is 4.11. The van der Waals surface area contributed by atoms with Gasteiger partial charge in [-0.05, 0) is 39.2 Å². The molecule has 1 aromatic carbocycles. The quantitative estimate of drug-likeness (QED) is 0.729. The van der Waals surface area contributed by atoms with E-state index in [-0.39, 0.29) is 0 Å². The molecular weight excluding hydrogens is 363 g/mol. The molecule has 7 nitrogen and oxygen atoms in total. The lowest BCUT2D eigenvalue weighted by Crippen LogP contribution is -2.51. The Labute approximate surface area is 157 Å². The third-order valence-electron chi connectivity index (χ3n) is 3.37. The number of benzene rings is 1. The highest BCUT2D eigenvalue weighted by Crippen LogP contribution is 2.24. The Balaban J connectivity index is 1.92. The second-order valence-corrected chi connectivity index (χ2v) is 6.76. The van der Waals surface area contributed by atoms with E-state index in [1.54, 1.807) is 18.2 Å². The summed E-state index contributed by atoms with van der Waals surface area (Å²) in [6.07, 6.45) is 0.0923. The summed E-state index contributed by atoms with van der Waals surface area (Å²) in [6, 6.07) is 4.48. The Morgan fingerprint density at radius 1 is 1.40 bits per heavy atom. The van der Waals surface area contributed by atoms with Crippen LogP contribution < -0.4 is 16.0 Å². The van der Waals surface area contributed by atoms with Gasteiger partial charge in [0.05, 0.1) is 16.6 Å². The number of amides is 2. The lowest BCUT2D eigenvalue weighted by Gasteiger charge is -2.24. The number of aliphatic imine (C=N–C) groups is 2. The summed E-state index contributed by atoms with van der Waals surface area (Å²) in [5, 5.41) is 9.37. The van der Waals surface area contributed by atoms with Gasteiger partial charge in [-0.2, -0.15) is 0 Å². The number of amidine groups is 1. The molecule has 1 heterocycles. The molecule has 0 radical (unpaired) electrons. The largest absolute Gasteiger partial charge is 0.335 e. The van der Waals surface area contributed by atoms with Crippen molar-refractivity contribution < 1.29 is 4.79 Å². The van der Waals surface area contributed by atoms with Gasteiger partial charge in [0.2, 0.25) is 0 Å². The van der Waals surface area contributed by atoms with Crippen LogP contribution in [-0.4, -0.2) is 56.0 Å². The molecule has 1 atom stereocenters. The van der Waals surface area contributed by atoms with Crippen molar-refractivity contribution in [2.24, 2.45) is 9.98 Å². The topological polar surface area (TPSA) is 81.1 Å². The number of likely N-dealkylation sites (N-methyl/N-ethyl adjacent to an activating group) is 1. The van der Waals surface area contributed by atoms with Crippen molar-refractivity contribution in [1.82, 2.24) is 15.5 Å². The molecule has 1 aliphatic heterocycles. The van der Waals surface area contributed by atoms with E-state index in [4.69, 9.17) is 23.2 Å². The molecule has 0 aromatic heterocycles. The molecule has 25 heavy (non-hydrogen) atoms. The smallest absolute Gasteiger partial charge is 0.322 e. The van der Waals surface area contributed by atoms with Gasteiger partial charge in [-0.3, -0.25) is 10.3 Å². The molecule has 2 amide bonds. The number of nitrogens with one attached hydrogen (secondary N) is 3. The van der Waals surface area contributed by atoms with Crippen LogP contribution >= 0.6 is 23.2 Å². The van der Waals surface area contributed by atoms with Gasteiger partial charge in [-0.15, -0.1) is 0 Å². The van der Waals surface area contributed by atoms with E-state index in [1.807, 2.05) is 21.0 Å². The normalized spacial score (nSPS) is 18.7. The van der Waals surface area contributed by atoms with Gasteiger partial charge in [-0.1, -0.05) is 23.2 Å². The van der Waals surface area contributed by atoms with E-state index >= 15 is 0 Å². The van der Waals surface area contributed by atoms with Crippen molar-refractivity contribution in [3.8, 4) is 0 Å². The zero-order valence-electron chi connectivity index (χ0n) is 14.4. The van der Waals surface area contributed by atoms with Gasteiger partial charge < -0.3 is 15.5 Å². The van der Waals surface area contributed by atoms with Crippen molar-refractivity contribution in [2.45, 2.75) is 19.6 Å². The summed E-state index contributed by atoms with van der Waals surface area (Å²) >= 11 is 11.8. The first-order chi connectivity index (χ1) is 11.8. The van der Waals surface area contributed by atoms with Gasteiger partial charge >= 0.3 is 6.03 Å². The first kappa shape index (κ1) is 19.5. The first-order valence-electron chi connectivity index (χ1n) is 7.84. The number of carbonyl (C=O) groups is 1. The molecule has 136 valence electrons. The Morgan fingerprint density at radius 3 is 2.84 bits per heavy atom. The fourth-order valence-electron chi connectivity index (χ4n) is 2.17. The molecule has 0 saturated carbocycles. The van der Waals surface area contributed by atoms with Gasteiger partial charge in [0.1, 0.15) is 5.84 Å². The number of hydrogen-bond donors (Lipinski definition) is 3. The van der Waals surface area contributed by atoms with Gasteiger partial charge in [0.15, 0.2) is 6.29 Å². The Kier molecular flexibility index (Phi) is 7.04. The predicted molar refractivity (Wildman–Crippen MR) is 104 cm³/mol. The molecule has 1 unspecified atom stereocenters. The summed E-state index contributed by atoms with van der Waals surface area (Å²) in [5.41, 5.74) is 1.45. The molecular formula is C16H22Cl2N6O. The summed E-state index contributed by atoms with van der Waals surface area (Å²) < 4.78 is 0. The maximum Gasteiger partial charge on any atom is 0.322 e. The fraction of sp³-hybridized carbons (Fsp3) is 0.438. The highest BCUT2D eigenvalue weighted by Gasteiger charge is 2.18. The van der Waals surface area contributed by atoms with E-state index in [9.17, 15) is 4.79 Å². The summed E-state index contributed by atoms with van der Waals surface area (Å²) in [6.45, 7) is 3.45. The van der Waals surface area contributed by atoms with Crippen LogP contribution in [0.15, 0.2) is 28.2 Å². The number of rotatable bonds is 5. The third kappa shape index (κ3) is 6.53. The lowest BCUT2D eigenvalue weighted by atomic mass is 10.2. The molecule has 0 spiro atoms.